The van der Waals surface area contributed by atoms with E-state index in [2.05, 4.69) is 9.97 Å². The molecule has 128 valence electrons. The van der Waals surface area contributed by atoms with E-state index in [0.29, 0.717) is 6.42 Å². The predicted molar refractivity (Wildman–Crippen MR) is 91.0 cm³/mol. The zero-order chi connectivity index (χ0) is 17.1. The SMILES string of the molecule is COC(=O)C1CCS(=O)(=O)C12CN(c1ncnc3scc(C)c13)C2. The molecule has 9 heteroatoms. The molecular weight excluding hydrogens is 350 g/mol. The first-order valence-electron chi connectivity index (χ1n) is 7.63. The molecular formula is C15H17N3O4S2. The van der Waals surface area contributed by atoms with E-state index < -0.39 is 26.5 Å². The molecule has 0 bridgehead atoms. The van der Waals surface area contributed by atoms with Gasteiger partial charge in [-0.2, -0.15) is 0 Å². The number of rotatable bonds is 2. The number of thiophene rings is 1. The van der Waals surface area contributed by atoms with Gasteiger partial charge in [0, 0.05) is 13.1 Å². The fourth-order valence-electron chi connectivity index (χ4n) is 3.84. The van der Waals surface area contributed by atoms with Crippen LogP contribution in [0.1, 0.15) is 12.0 Å². The first-order chi connectivity index (χ1) is 11.4. The molecule has 2 aliphatic heterocycles. The Morgan fingerprint density at radius 1 is 1.42 bits per heavy atom. The van der Waals surface area contributed by atoms with Gasteiger partial charge in [0.15, 0.2) is 9.84 Å². The molecule has 2 saturated heterocycles. The van der Waals surface area contributed by atoms with Gasteiger partial charge in [0.05, 0.1) is 24.2 Å². The third-order valence-electron chi connectivity index (χ3n) is 5.17. The summed E-state index contributed by atoms with van der Waals surface area (Å²) in [7, 11) is -2.02. The van der Waals surface area contributed by atoms with Crippen LogP contribution in [0.15, 0.2) is 11.7 Å². The molecule has 24 heavy (non-hydrogen) atoms. The Balaban J connectivity index is 1.71. The van der Waals surface area contributed by atoms with Crippen molar-refractivity contribution in [3.05, 3.63) is 17.3 Å². The lowest BCUT2D eigenvalue weighted by atomic mass is 9.83. The maximum atomic E-state index is 12.6. The van der Waals surface area contributed by atoms with Gasteiger partial charge >= 0.3 is 5.97 Å². The molecule has 0 aromatic carbocycles. The second-order valence-electron chi connectivity index (χ2n) is 6.40. The summed E-state index contributed by atoms with van der Waals surface area (Å²) in [5.74, 6) is -0.243. The molecule has 1 spiro atoms. The van der Waals surface area contributed by atoms with Crippen LogP contribution in [-0.2, 0) is 19.4 Å². The van der Waals surface area contributed by atoms with E-state index in [1.165, 1.54) is 13.4 Å². The first-order valence-corrected chi connectivity index (χ1v) is 10.2. The number of anilines is 1. The van der Waals surface area contributed by atoms with E-state index in [-0.39, 0.29) is 18.8 Å². The van der Waals surface area contributed by atoms with Gasteiger partial charge in [0.2, 0.25) is 0 Å². The molecule has 0 saturated carbocycles. The van der Waals surface area contributed by atoms with E-state index in [9.17, 15) is 13.2 Å². The number of sulfone groups is 1. The van der Waals surface area contributed by atoms with Crippen molar-refractivity contribution in [2.45, 2.75) is 18.1 Å². The number of esters is 1. The van der Waals surface area contributed by atoms with Gasteiger partial charge in [-0.15, -0.1) is 11.3 Å². The van der Waals surface area contributed by atoms with Crippen LogP contribution in [0.2, 0.25) is 0 Å². The molecule has 2 fully saturated rings. The number of nitrogens with zero attached hydrogens (tertiary/aromatic N) is 3. The van der Waals surface area contributed by atoms with E-state index in [0.717, 1.165) is 21.6 Å². The van der Waals surface area contributed by atoms with Gasteiger partial charge in [0.25, 0.3) is 0 Å². The topological polar surface area (TPSA) is 89.5 Å². The van der Waals surface area contributed by atoms with Crippen molar-refractivity contribution in [1.82, 2.24) is 9.97 Å². The lowest BCUT2D eigenvalue weighted by Gasteiger charge is -2.49. The summed E-state index contributed by atoms with van der Waals surface area (Å²) in [6.45, 7) is 2.54. The molecule has 7 nitrogen and oxygen atoms in total. The molecule has 0 radical (unpaired) electrons. The number of methoxy groups -OCH3 is 1. The minimum atomic E-state index is -3.33. The number of carbonyl (C=O) groups is 1. The van der Waals surface area contributed by atoms with Crippen LogP contribution in [0, 0.1) is 12.8 Å². The number of aromatic nitrogens is 2. The maximum Gasteiger partial charge on any atom is 0.310 e. The molecule has 4 heterocycles. The minimum Gasteiger partial charge on any atom is -0.469 e. The summed E-state index contributed by atoms with van der Waals surface area (Å²) in [6, 6.07) is 0. The van der Waals surface area contributed by atoms with Crippen LogP contribution >= 0.6 is 11.3 Å². The van der Waals surface area contributed by atoms with Crippen LogP contribution < -0.4 is 4.90 Å². The van der Waals surface area contributed by atoms with Crippen molar-refractivity contribution in [3.8, 4) is 0 Å². The quantitative estimate of drug-likeness (QED) is 0.736. The molecule has 2 aromatic heterocycles. The third kappa shape index (κ3) is 1.94. The van der Waals surface area contributed by atoms with Crippen LogP contribution in [0.4, 0.5) is 5.82 Å². The number of carbonyl (C=O) groups excluding carboxylic acids is 1. The van der Waals surface area contributed by atoms with Crippen molar-refractivity contribution in [2.75, 3.05) is 30.9 Å². The van der Waals surface area contributed by atoms with Gasteiger partial charge in [0.1, 0.15) is 21.7 Å². The normalized spacial score (nSPS) is 24.2. The van der Waals surface area contributed by atoms with Gasteiger partial charge in [-0.3, -0.25) is 4.79 Å². The zero-order valence-corrected chi connectivity index (χ0v) is 15.0. The molecule has 1 atom stereocenters. The molecule has 2 aliphatic rings. The average Bonchev–Trinajstić information content (AvgIpc) is 3.03. The van der Waals surface area contributed by atoms with Gasteiger partial charge < -0.3 is 9.64 Å². The number of aryl methyl sites for hydroxylation is 1. The van der Waals surface area contributed by atoms with Crippen molar-refractivity contribution in [1.29, 1.82) is 0 Å². The highest BCUT2D eigenvalue weighted by molar-refractivity contribution is 7.93. The molecule has 0 amide bonds. The Labute approximate surface area is 143 Å². The van der Waals surface area contributed by atoms with Crippen LogP contribution in [0.3, 0.4) is 0 Å². The lowest BCUT2D eigenvalue weighted by Crippen LogP contribution is -2.68. The number of ether oxygens (including phenoxy) is 1. The highest BCUT2D eigenvalue weighted by atomic mass is 32.2. The molecule has 0 N–H and O–H groups in total. The van der Waals surface area contributed by atoms with Gasteiger partial charge in [-0.05, 0) is 24.3 Å². The largest absolute Gasteiger partial charge is 0.469 e. The van der Waals surface area contributed by atoms with Crippen molar-refractivity contribution >= 4 is 43.2 Å². The molecule has 1 unspecified atom stereocenters. The van der Waals surface area contributed by atoms with E-state index in [4.69, 9.17) is 4.74 Å². The summed E-state index contributed by atoms with van der Waals surface area (Å²) in [4.78, 5) is 23.5. The van der Waals surface area contributed by atoms with Crippen LogP contribution in [0.5, 0.6) is 0 Å². The highest BCUT2D eigenvalue weighted by Crippen LogP contribution is 2.47. The smallest absolute Gasteiger partial charge is 0.310 e. The lowest BCUT2D eigenvalue weighted by molar-refractivity contribution is -0.146. The fraction of sp³-hybridized carbons (Fsp3) is 0.533. The van der Waals surface area contributed by atoms with Crippen LogP contribution in [0.25, 0.3) is 10.2 Å². The Bertz CT molecular complexity index is 931. The van der Waals surface area contributed by atoms with Crippen molar-refractivity contribution in [3.63, 3.8) is 0 Å². The van der Waals surface area contributed by atoms with E-state index in [1.54, 1.807) is 11.3 Å². The fourth-order valence-corrected chi connectivity index (χ4v) is 7.03. The zero-order valence-electron chi connectivity index (χ0n) is 13.4. The number of hydrogen-bond acceptors (Lipinski definition) is 8. The Kier molecular flexibility index (Phi) is 3.37. The summed E-state index contributed by atoms with van der Waals surface area (Å²) in [5.41, 5.74) is 1.07. The summed E-state index contributed by atoms with van der Waals surface area (Å²) in [6.07, 6.45) is 1.83. The second-order valence-corrected chi connectivity index (χ2v) is 9.71. The van der Waals surface area contributed by atoms with Crippen LogP contribution in [-0.4, -0.2) is 55.1 Å². The van der Waals surface area contributed by atoms with Crippen molar-refractivity contribution < 1.29 is 17.9 Å². The monoisotopic (exact) mass is 367 g/mol. The molecule has 4 rings (SSSR count). The Morgan fingerprint density at radius 2 is 2.17 bits per heavy atom. The minimum absolute atomic E-state index is 0.0390. The Morgan fingerprint density at radius 3 is 2.88 bits per heavy atom. The first kappa shape index (κ1) is 15.8. The van der Waals surface area contributed by atoms with Gasteiger partial charge in [-0.1, -0.05) is 0 Å². The van der Waals surface area contributed by atoms with Gasteiger partial charge in [-0.25, -0.2) is 18.4 Å². The summed E-state index contributed by atoms with van der Waals surface area (Å²) in [5, 5.41) is 2.98. The van der Waals surface area contributed by atoms with E-state index in [1.807, 2.05) is 17.2 Å². The summed E-state index contributed by atoms with van der Waals surface area (Å²) < 4.78 is 29.0. The molecule has 2 aromatic rings. The standard InChI is InChI=1S/C15H17N3O4S2/c1-9-5-23-13-11(9)12(16-8-17-13)18-6-15(7-18)10(14(19)22-2)3-4-24(15,20)21/h5,8,10H,3-4,6-7H2,1-2H3. The average molecular weight is 367 g/mol. The van der Waals surface area contributed by atoms with Crippen molar-refractivity contribution in [2.24, 2.45) is 5.92 Å². The number of hydrogen-bond donors (Lipinski definition) is 0. The summed E-state index contributed by atoms with van der Waals surface area (Å²) >= 11 is 1.54. The number of fused-ring (bicyclic) bond motifs is 1. The maximum absolute atomic E-state index is 12.6. The predicted octanol–water partition coefficient (Wildman–Crippen LogP) is 1.17. The second kappa shape index (κ2) is 5.13. The van der Waals surface area contributed by atoms with E-state index >= 15 is 0 Å². The third-order valence-corrected chi connectivity index (χ3v) is 8.72. The Hall–Kier alpha value is -1.74. The highest BCUT2D eigenvalue weighted by Gasteiger charge is 2.64. The molecule has 0 aliphatic carbocycles.